The molecule has 0 heterocycles. The molecule has 0 aromatic heterocycles. The molecule has 2 nitrogen and oxygen atoms in total. The van der Waals surface area contributed by atoms with E-state index in [1.807, 2.05) is 0 Å². The van der Waals surface area contributed by atoms with Gasteiger partial charge in [-0.1, -0.05) is 28.1 Å². The molecule has 1 aromatic carbocycles. The largest absolute Gasteiger partial charge is 0.378 e. The molecule has 1 fully saturated rings. The van der Waals surface area contributed by atoms with Crippen LogP contribution in [-0.2, 0) is 4.74 Å². The average molecular weight is 298 g/mol. The second kappa shape index (κ2) is 5.98. The van der Waals surface area contributed by atoms with Crippen LogP contribution in [0.4, 0.5) is 0 Å². The molecule has 1 aliphatic carbocycles. The van der Waals surface area contributed by atoms with Crippen molar-refractivity contribution in [2.75, 3.05) is 6.61 Å². The van der Waals surface area contributed by atoms with E-state index in [0.717, 1.165) is 23.9 Å². The van der Waals surface area contributed by atoms with E-state index in [0.29, 0.717) is 18.2 Å². The van der Waals surface area contributed by atoms with Gasteiger partial charge in [-0.05, 0) is 44.4 Å². The summed E-state index contributed by atoms with van der Waals surface area (Å²) in [6, 6.07) is 9.55. The molecule has 17 heavy (non-hydrogen) atoms. The minimum atomic E-state index is 0.413. The van der Waals surface area contributed by atoms with E-state index in [1.54, 1.807) is 0 Å². The molecule has 1 aliphatic rings. The first-order chi connectivity index (χ1) is 8.19. The van der Waals surface area contributed by atoms with Gasteiger partial charge in [0.1, 0.15) is 0 Å². The fraction of sp³-hybridized carbons (Fsp3) is 0.571. The van der Waals surface area contributed by atoms with Crippen LogP contribution in [0.5, 0.6) is 0 Å². The molecule has 1 aromatic rings. The molecule has 94 valence electrons. The van der Waals surface area contributed by atoms with Crippen molar-refractivity contribution in [3.63, 3.8) is 0 Å². The summed E-state index contributed by atoms with van der Waals surface area (Å²) in [5.74, 6) is 0. The first-order valence-corrected chi connectivity index (χ1v) is 7.11. The standard InChI is InChI=1S/C14H20BrNO/c1-3-17-14-8-13(9-14)16-10(2)11-4-6-12(15)7-5-11/h4-7,10,13-14,16H,3,8-9H2,1-2H3/t10-,13?,14?/m1/s1. The molecular formula is C14H20BrNO. The maximum absolute atomic E-state index is 5.56. The molecule has 0 amide bonds. The third-order valence-electron chi connectivity index (χ3n) is 3.35. The zero-order chi connectivity index (χ0) is 12.3. The molecule has 2 rings (SSSR count). The maximum Gasteiger partial charge on any atom is 0.0604 e. The van der Waals surface area contributed by atoms with E-state index in [4.69, 9.17) is 4.74 Å². The summed E-state index contributed by atoms with van der Waals surface area (Å²) in [4.78, 5) is 0. The molecule has 0 spiro atoms. The Bertz CT molecular complexity index is 346. The second-order valence-electron chi connectivity index (χ2n) is 4.69. The van der Waals surface area contributed by atoms with Gasteiger partial charge in [0.05, 0.1) is 6.10 Å². The van der Waals surface area contributed by atoms with Gasteiger partial charge in [0.2, 0.25) is 0 Å². The summed E-state index contributed by atoms with van der Waals surface area (Å²) in [5, 5.41) is 3.65. The minimum Gasteiger partial charge on any atom is -0.378 e. The topological polar surface area (TPSA) is 21.3 Å². The van der Waals surface area contributed by atoms with Gasteiger partial charge in [0.25, 0.3) is 0 Å². The van der Waals surface area contributed by atoms with Gasteiger partial charge in [-0.2, -0.15) is 0 Å². The van der Waals surface area contributed by atoms with Crippen LogP contribution in [0.25, 0.3) is 0 Å². The van der Waals surface area contributed by atoms with E-state index in [9.17, 15) is 0 Å². The van der Waals surface area contributed by atoms with E-state index >= 15 is 0 Å². The Kier molecular flexibility index (Phi) is 4.60. The molecule has 1 saturated carbocycles. The number of hydrogen-bond donors (Lipinski definition) is 1. The van der Waals surface area contributed by atoms with E-state index in [2.05, 4.69) is 59.4 Å². The van der Waals surface area contributed by atoms with Crippen molar-refractivity contribution in [3.8, 4) is 0 Å². The zero-order valence-electron chi connectivity index (χ0n) is 10.4. The first kappa shape index (κ1) is 13.1. The van der Waals surface area contributed by atoms with Crippen LogP contribution in [0.3, 0.4) is 0 Å². The van der Waals surface area contributed by atoms with Crippen LogP contribution < -0.4 is 5.32 Å². The van der Waals surface area contributed by atoms with Crippen LogP contribution in [0.2, 0.25) is 0 Å². The van der Waals surface area contributed by atoms with Gasteiger partial charge in [-0.15, -0.1) is 0 Å². The minimum absolute atomic E-state index is 0.413. The number of hydrogen-bond acceptors (Lipinski definition) is 2. The fourth-order valence-corrected chi connectivity index (χ4v) is 2.54. The fourth-order valence-electron chi connectivity index (χ4n) is 2.27. The highest BCUT2D eigenvalue weighted by Crippen LogP contribution is 2.26. The van der Waals surface area contributed by atoms with Crippen molar-refractivity contribution in [1.82, 2.24) is 5.32 Å². The van der Waals surface area contributed by atoms with Crippen LogP contribution >= 0.6 is 15.9 Å². The molecule has 3 heteroatoms. The lowest BCUT2D eigenvalue weighted by atomic mass is 9.88. The van der Waals surface area contributed by atoms with Crippen molar-refractivity contribution in [3.05, 3.63) is 34.3 Å². The van der Waals surface area contributed by atoms with E-state index < -0.39 is 0 Å². The highest BCUT2D eigenvalue weighted by atomic mass is 79.9. The van der Waals surface area contributed by atoms with E-state index in [-0.39, 0.29) is 0 Å². The highest BCUT2D eigenvalue weighted by Gasteiger charge is 2.30. The van der Waals surface area contributed by atoms with Crippen LogP contribution in [0, 0.1) is 0 Å². The quantitative estimate of drug-likeness (QED) is 0.895. The molecular weight excluding hydrogens is 278 g/mol. The monoisotopic (exact) mass is 297 g/mol. The Morgan fingerprint density at radius 1 is 1.35 bits per heavy atom. The molecule has 0 unspecified atom stereocenters. The van der Waals surface area contributed by atoms with E-state index in [1.165, 1.54) is 5.56 Å². The number of rotatable bonds is 5. The van der Waals surface area contributed by atoms with Crippen LogP contribution in [0.1, 0.15) is 38.3 Å². The van der Waals surface area contributed by atoms with Crippen LogP contribution in [-0.4, -0.2) is 18.8 Å². The van der Waals surface area contributed by atoms with Crippen LogP contribution in [0.15, 0.2) is 28.7 Å². The number of halogens is 1. The first-order valence-electron chi connectivity index (χ1n) is 6.32. The Labute approximate surface area is 112 Å². The summed E-state index contributed by atoms with van der Waals surface area (Å²) in [7, 11) is 0. The predicted octanol–water partition coefficient (Wildman–Crippen LogP) is 3.67. The number of nitrogens with one attached hydrogen (secondary N) is 1. The number of benzene rings is 1. The molecule has 0 aliphatic heterocycles. The summed E-state index contributed by atoms with van der Waals surface area (Å²) < 4.78 is 6.70. The summed E-state index contributed by atoms with van der Waals surface area (Å²) in [6.07, 6.45) is 2.78. The molecule has 0 bridgehead atoms. The Balaban J connectivity index is 1.78. The Hall–Kier alpha value is -0.380. The zero-order valence-corrected chi connectivity index (χ0v) is 12.0. The third kappa shape index (κ3) is 3.54. The lowest BCUT2D eigenvalue weighted by Crippen LogP contribution is -2.46. The molecule has 0 radical (unpaired) electrons. The van der Waals surface area contributed by atoms with Crippen molar-refractivity contribution in [2.45, 2.75) is 44.9 Å². The Morgan fingerprint density at radius 2 is 2.00 bits per heavy atom. The summed E-state index contributed by atoms with van der Waals surface area (Å²) >= 11 is 3.46. The normalized spacial score (nSPS) is 25.4. The van der Waals surface area contributed by atoms with Gasteiger partial charge < -0.3 is 10.1 Å². The van der Waals surface area contributed by atoms with Gasteiger partial charge >= 0.3 is 0 Å². The van der Waals surface area contributed by atoms with Gasteiger partial charge in [0.15, 0.2) is 0 Å². The summed E-state index contributed by atoms with van der Waals surface area (Å²) in [5.41, 5.74) is 1.34. The van der Waals surface area contributed by atoms with Crippen molar-refractivity contribution < 1.29 is 4.74 Å². The number of ether oxygens (including phenoxy) is 1. The Morgan fingerprint density at radius 3 is 2.59 bits per heavy atom. The summed E-state index contributed by atoms with van der Waals surface area (Å²) in [6.45, 7) is 5.11. The molecule has 1 N–H and O–H groups in total. The van der Waals surface area contributed by atoms with Gasteiger partial charge in [-0.3, -0.25) is 0 Å². The maximum atomic E-state index is 5.56. The smallest absolute Gasteiger partial charge is 0.0604 e. The average Bonchev–Trinajstić information content (AvgIpc) is 2.27. The van der Waals surface area contributed by atoms with Gasteiger partial charge in [0, 0.05) is 23.2 Å². The predicted molar refractivity (Wildman–Crippen MR) is 74.1 cm³/mol. The molecule has 0 saturated heterocycles. The second-order valence-corrected chi connectivity index (χ2v) is 5.60. The lowest BCUT2D eigenvalue weighted by Gasteiger charge is -2.37. The molecule has 1 atom stereocenters. The van der Waals surface area contributed by atoms with Gasteiger partial charge in [-0.25, -0.2) is 0 Å². The third-order valence-corrected chi connectivity index (χ3v) is 3.88. The van der Waals surface area contributed by atoms with Crippen molar-refractivity contribution in [2.24, 2.45) is 0 Å². The lowest BCUT2D eigenvalue weighted by molar-refractivity contribution is -0.0120. The van der Waals surface area contributed by atoms with Crippen molar-refractivity contribution in [1.29, 1.82) is 0 Å². The highest BCUT2D eigenvalue weighted by molar-refractivity contribution is 9.10. The van der Waals surface area contributed by atoms with Crippen molar-refractivity contribution >= 4 is 15.9 Å². The SMILES string of the molecule is CCOC1CC(N[C@H](C)c2ccc(Br)cc2)C1.